The van der Waals surface area contributed by atoms with E-state index in [4.69, 9.17) is 0 Å². The molecule has 0 spiro atoms. The molecule has 0 saturated heterocycles. The molecule has 0 aliphatic rings. The molecule has 4 heteroatoms. The lowest BCUT2D eigenvalue weighted by molar-refractivity contribution is -0.141. The van der Waals surface area contributed by atoms with Crippen LogP contribution in [0.2, 0.25) is 0 Å². The first kappa shape index (κ1) is 20.3. The lowest BCUT2D eigenvalue weighted by Crippen LogP contribution is -2.43. The molecule has 1 atom stereocenters. The zero-order valence-corrected chi connectivity index (χ0v) is 16.9. The molecule has 1 N–H and O–H groups in total. The number of benzene rings is 3. The Balaban J connectivity index is 1.79. The largest absolute Gasteiger partial charge is 0.480 e. The first-order valence-electron chi connectivity index (χ1n) is 9.58. The molecule has 0 aliphatic carbocycles. The van der Waals surface area contributed by atoms with E-state index in [-0.39, 0.29) is 12.3 Å². The normalized spacial score (nSPS) is 11.7. The van der Waals surface area contributed by atoms with Crippen LogP contribution < -0.4 is 0 Å². The minimum atomic E-state index is -1.02. The second-order valence-corrected chi connectivity index (χ2v) is 7.41. The summed E-state index contributed by atoms with van der Waals surface area (Å²) in [6.07, 6.45) is 0.247. The van der Waals surface area contributed by atoms with Gasteiger partial charge in [-0.15, -0.1) is 0 Å². The predicted molar refractivity (Wildman–Crippen MR) is 115 cm³/mol. The highest BCUT2D eigenvalue weighted by Crippen LogP contribution is 2.21. The van der Waals surface area contributed by atoms with E-state index in [9.17, 15) is 14.7 Å². The van der Waals surface area contributed by atoms with E-state index in [1.54, 1.807) is 19.2 Å². The average molecular weight is 387 g/mol. The zero-order chi connectivity index (χ0) is 21.0. The minimum absolute atomic E-state index is 0.247. The third-order valence-corrected chi connectivity index (χ3v) is 5.03. The van der Waals surface area contributed by atoms with Gasteiger partial charge in [0.2, 0.25) is 0 Å². The Kier molecular flexibility index (Phi) is 6.13. The van der Waals surface area contributed by atoms with Crippen LogP contribution in [0.15, 0.2) is 72.8 Å². The molecule has 1 amide bonds. The molecule has 0 aromatic heterocycles. The number of likely N-dealkylation sites (N-methyl/N-ethyl adjacent to an activating group) is 1. The fourth-order valence-electron chi connectivity index (χ4n) is 3.52. The summed E-state index contributed by atoms with van der Waals surface area (Å²) >= 11 is 0. The van der Waals surface area contributed by atoms with Gasteiger partial charge in [0.05, 0.1) is 0 Å². The Hall–Kier alpha value is -3.40. The van der Waals surface area contributed by atoms with Crippen LogP contribution in [-0.2, 0) is 11.2 Å². The molecule has 0 bridgehead atoms. The van der Waals surface area contributed by atoms with E-state index < -0.39 is 12.0 Å². The maximum absolute atomic E-state index is 12.9. The Morgan fingerprint density at radius 1 is 0.862 bits per heavy atom. The number of hydrogen-bond acceptors (Lipinski definition) is 2. The molecule has 0 fully saturated rings. The van der Waals surface area contributed by atoms with Crippen molar-refractivity contribution < 1.29 is 14.7 Å². The van der Waals surface area contributed by atoms with Gasteiger partial charge in [0, 0.05) is 19.0 Å². The highest BCUT2D eigenvalue weighted by Gasteiger charge is 2.27. The van der Waals surface area contributed by atoms with Crippen molar-refractivity contribution in [3.05, 3.63) is 95.1 Å². The van der Waals surface area contributed by atoms with Crippen molar-refractivity contribution in [1.29, 1.82) is 0 Å². The topological polar surface area (TPSA) is 57.6 Å². The number of carboxylic acids is 1. The standard InChI is InChI=1S/C25H25NO3/c1-17-13-18(2)15-22(14-17)24(27)26(3)23(25(28)29)16-19-9-11-21(12-10-19)20-7-5-4-6-8-20/h4-15,23H,16H2,1-3H3,(H,28,29). The molecule has 4 nitrogen and oxygen atoms in total. The van der Waals surface area contributed by atoms with Crippen molar-refractivity contribution in [2.24, 2.45) is 0 Å². The molecule has 3 rings (SSSR count). The van der Waals surface area contributed by atoms with Crippen LogP contribution in [0.4, 0.5) is 0 Å². The number of carbonyl (C=O) groups excluding carboxylic acids is 1. The number of carbonyl (C=O) groups is 2. The second kappa shape index (κ2) is 8.74. The number of aryl methyl sites for hydroxylation is 2. The van der Waals surface area contributed by atoms with Gasteiger partial charge < -0.3 is 10.0 Å². The van der Waals surface area contributed by atoms with E-state index in [0.29, 0.717) is 5.56 Å². The fourth-order valence-corrected chi connectivity index (χ4v) is 3.52. The smallest absolute Gasteiger partial charge is 0.326 e. The van der Waals surface area contributed by atoms with Gasteiger partial charge in [0.1, 0.15) is 6.04 Å². The van der Waals surface area contributed by atoms with E-state index >= 15 is 0 Å². The molecule has 0 aliphatic heterocycles. The van der Waals surface area contributed by atoms with Gasteiger partial charge in [-0.2, -0.15) is 0 Å². The van der Waals surface area contributed by atoms with Gasteiger partial charge in [-0.05, 0) is 42.7 Å². The van der Waals surface area contributed by atoms with E-state index in [1.165, 1.54) is 4.90 Å². The maximum Gasteiger partial charge on any atom is 0.326 e. The Morgan fingerprint density at radius 3 is 1.97 bits per heavy atom. The van der Waals surface area contributed by atoms with Crippen molar-refractivity contribution in [3.8, 4) is 11.1 Å². The Labute approximate surface area is 171 Å². The van der Waals surface area contributed by atoms with Crippen LogP contribution in [0, 0.1) is 13.8 Å². The highest BCUT2D eigenvalue weighted by molar-refractivity contribution is 5.96. The minimum Gasteiger partial charge on any atom is -0.480 e. The third-order valence-electron chi connectivity index (χ3n) is 5.03. The summed E-state index contributed by atoms with van der Waals surface area (Å²) in [5, 5.41) is 9.75. The number of nitrogens with zero attached hydrogens (tertiary/aromatic N) is 1. The summed E-state index contributed by atoms with van der Waals surface area (Å²) < 4.78 is 0. The van der Waals surface area contributed by atoms with Crippen molar-refractivity contribution in [2.45, 2.75) is 26.3 Å². The molecule has 0 radical (unpaired) electrons. The molecular formula is C25H25NO3. The van der Waals surface area contributed by atoms with Gasteiger partial charge in [0.15, 0.2) is 0 Å². The highest BCUT2D eigenvalue weighted by atomic mass is 16.4. The molecule has 0 saturated carbocycles. The quantitative estimate of drug-likeness (QED) is 0.665. The summed E-state index contributed by atoms with van der Waals surface area (Å²) in [5.41, 5.74) is 5.51. The summed E-state index contributed by atoms with van der Waals surface area (Å²) in [4.78, 5) is 26.1. The van der Waals surface area contributed by atoms with Gasteiger partial charge in [-0.1, -0.05) is 71.8 Å². The van der Waals surface area contributed by atoms with Crippen LogP contribution in [0.25, 0.3) is 11.1 Å². The molecule has 3 aromatic rings. The van der Waals surface area contributed by atoms with Crippen LogP contribution in [0.1, 0.15) is 27.0 Å². The van der Waals surface area contributed by atoms with Crippen molar-refractivity contribution in [3.63, 3.8) is 0 Å². The summed E-state index contributed by atoms with van der Waals surface area (Å²) in [5.74, 6) is -1.30. The zero-order valence-electron chi connectivity index (χ0n) is 16.9. The van der Waals surface area contributed by atoms with E-state index in [0.717, 1.165) is 27.8 Å². The van der Waals surface area contributed by atoms with Crippen molar-refractivity contribution >= 4 is 11.9 Å². The lowest BCUT2D eigenvalue weighted by atomic mass is 9.99. The monoisotopic (exact) mass is 387 g/mol. The number of carboxylic acid groups (broad SMARTS) is 1. The van der Waals surface area contributed by atoms with Gasteiger partial charge >= 0.3 is 5.97 Å². The predicted octanol–water partition coefficient (Wildman–Crippen LogP) is 4.74. The first-order valence-corrected chi connectivity index (χ1v) is 9.58. The van der Waals surface area contributed by atoms with E-state index in [1.807, 2.05) is 74.5 Å². The number of hydrogen-bond donors (Lipinski definition) is 1. The summed E-state index contributed by atoms with van der Waals surface area (Å²) in [6, 6.07) is 22.4. The third kappa shape index (κ3) is 4.91. The van der Waals surface area contributed by atoms with Gasteiger partial charge in [0.25, 0.3) is 5.91 Å². The Bertz CT molecular complexity index is 990. The number of amides is 1. The van der Waals surface area contributed by atoms with Crippen LogP contribution >= 0.6 is 0 Å². The van der Waals surface area contributed by atoms with Crippen molar-refractivity contribution in [1.82, 2.24) is 4.90 Å². The molecule has 1 unspecified atom stereocenters. The van der Waals surface area contributed by atoms with E-state index in [2.05, 4.69) is 0 Å². The lowest BCUT2D eigenvalue weighted by Gasteiger charge is -2.25. The number of rotatable bonds is 6. The number of aliphatic carboxylic acids is 1. The van der Waals surface area contributed by atoms with Crippen LogP contribution in [-0.4, -0.2) is 35.0 Å². The average Bonchev–Trinajstić information content (AvgIpc) is 2.71. The van der Waals surface area contributed by atoms with Crippen LogP contribution in [0.5, 0.6) is 0 Å². The first-order chi connectivity index (χ1) is 13.8. The summed E-state index contributed by atoms with van der Waals surface area (Å²) in [6.45, 7) is 3.85. The maximum atomic E-state index is 12.9. The van der Waals surface area contributed by atoms with Crippen LogP contribution in [0.3, 0.4) is 0 Å². The Morgan fingerprint density at radius 2 is 1.41 bits per heavy atom. The summed E-state index contributed by atoms with van der Waals surface area (Å²) in [7, 11) is 1.55. The molecule has 3 aromatic carbocycles. The van der Waals surface area contributed by atoms with Gasteiger partial charge in [-0.3, -0.25) is 4.79 Å². The molecule has 148 valence electrons. The molecular weight excluding hydrogens is 362 g/mol. The SMILES string of the molecule is Cc1cc(C)cc(C(=O)N(C)C(Cc2ccc(-c3ccccc3)cc2)C(=O)O)c1. The fraction of sp³-hybridized carbons (Fsp3) is 0.200. The molecule has 29 heavy (non-hydrogen) atoms. The van der Waals surface area contributed by atoms with Crippen molar-refractivity contribution in [2.75, 3.05) is 7.05 Å². The molecule has 0 heterocycles. The second-order valence-electron chi connectivity index (χ2n) is 7.41. The van der Waals surface area contributed by atoms with Gasteiger partial charge in [-0.25, -0.2) is 4.79 Å².